The van der Waals surface area contributed by atoms with Crippen molar-refractivity contribution in [3.8, 4) is 0 Å². The standard InChI is InChI=1S/C69H126O6/c1-4-7-10-13-16-19-21-23-25-26-27-28-29-30-31-32-33-34-35-36-37-38-39-40-41-42-43-45-46-48-50-53-56-59-62-68(71)74-65-66(64-73-67(70)61-58-55-52-18-15-12-9-6-3)75-69(72)63-60-57-54-51-49-47-44-24-22-20-17-14-11-8-5-2/h8,11,17,20,24,44,49,51,66H,4-7,9-10,12-16,18-19,21-23,25-43,45-48,50,52-65H2,1-3H3/b11-8-,20-17-,44-24-,51-49-. The lowest BCUT2D eigenvalue weighted by atomic mass is 10.0. The molecule has 0 aliphatic heterocycles. The van der Waals surface area contributed by atoms with E-state index in [9.17, 15) is 14.4 Å². The van der Waals surface area contributed by atoms with Crippen LogP contribution in [-0.4, -0.2) is 37.2 Å². The summed E-state index contributed by atoms with van der Waals surface area (Å²) in [5.74, 6) is -0.917. The summed E-state index contributed by atoms with van der Waals surface area (Å²) in [6.45, 7) is 6.50. The van der Waals surface area contributed by atoms with Crippen molar-refractivity contribution in [2.45, 2.75) is 361 Å². The first-order chi connectivity index (χ1) is 37.0. The Bertz CT molecular complexity index is 1300. The van der Waals surface area contributed by atoms with Crippen LogP contribution >= 0.6 is 0 Å². The fraction of sp³-hybridized carbons (Fsp3) is 0.841. The molecule has 0 amide bonds. The first kappa shape index (κ1) is 72.4. The maximum Gasteiger partial charge on any atom is 0.306 e. The lowest BCUT2D eigenvalue weighted by Gasteiger charge is -2.18. The zero-order valence-corrected chi connectivity index (χ0v) is 50.3. The molecule has 0 aliphatic rings. The molecule has 0 fully saturated rings. The molecular formula is C69H126O6. The average molecular weight is 1050 g/mol. The zero-order chi connectivity index (χ0) is 54.3. The van der Waals surface area contributed by atoms with Crippen molar-refractivity contribution in [1.82, 2.24) is 0 Å². The predicted molar refractivity (Wildman–Crippen MR) is 325 cm³/mol. The van der Waals surface area contributed by atoms with Crippen molar-refractivity contribution >= 4 is 17.9 Å². The molecule has 438 valence electrons. The molecule has 0 aliphatic carbocycles. The Morgan fingerprint density at radius 1 is 0.280 bits per heavy atom. The lowest BCUT2D eigenvalue weighted by Crippen LogP contribution is -2.30. The summed E-state index contributed by atoms with van der Waals surface area (Å²) < 4.78 is 16.8. The Balaban J connectivity index is 3.97. The number of hydrogen-bond donors (Lipinski definition) is 0. The molecule has 1 unspecified atom stereocenters. The predicted octanol–water partition coefficient (Wildman–Crippen LogP) is 22.6. The van der Waals surface area contributed by atoms with Gasteiger partial charge in [-0.2, -0.15) is 0 Å². The molecule has 0 N–H and O–H groups in total. The summed E-state index contributed by atoms with van der Waals surface area (Å²) in [6, 6.07) is 0. The van der Waals surface area contributed by atoms with Gasteiger partial charge >= 0.3 is 17.9 Å². The van der Waals surface area contributed by atoms with E-state index in [1.807, 2.05) is 0 Å². The van der Waals surface area contributed by atoms with Crippen LogP contribution in [0.15, 0.2) is 48.6 Å². The van der Waals surface area contributed by atoms with E-state index >= 15 is 0 Å². The monoisotopic (exact) mass is 1050 g/mol. The van der Waals surface area contributed by atoms with E-state index in [-0.39, 0.29) is 37.5 Å². The number of unbranched alkanes of at least 4 members (excludes halogenated alkanes) is 42. The van der Waals surface area contributed by atoms with E-state index in [1.165, 1.54) is 231 Å². The minimum Gasteiger partial charge on any atom is -0.462 e. The molecule has 6 nitrogen and oxygen atoms in total. The van der Waals surface area contributed by atoms with Crippen LogP contribution in [0, 0.1) is 0 Å². The van der Waals surface area contributed by atoms with E-state index in [0.29, 0.717) is 19.3 Å². The highest BCUT2D eigenvalue weighted by molar-refractivity contribution is 5.71. The highest BCUT2D eigenvalue weighted by Gasteiger charge is 2.19. The quantitative estimate of drug-likeness (QED) is 0.0261. The number of allylic oxidation sites excluding steroid dienone is 8. The molecule has 0 spiro atoms. The average Bonchev–Trinajstić information content (AvgIpc) is 3.41. The zero-order valence-electron chi connectivity index (χ0n) is 50.3. The van der Waals surface area contributed by atoms with Crippen LogP contribution in [0.2, 0.25) is 0 Å². The minimum absolute atomic E-state index is 0.0861. The van der Waals surface area contributed by atoms with Crippen LogP contribution < -0.4 is 0 Å². The van der Waals surface area contributed by atoms with Gasteiger partial charge in [0.05, 0.1) is 0 Å². The summed E-state index contributed by atoms with van der Waals surface area (Å²) in [7, 11) is 0. The van der Waals surface area contributed by atoms with Gasteiger partial charge in [-0.3, -0.25) is 14.4 Å². The SMILES string of the molecule is CC/C=C\C/C=C\C/C=C\C/C=C\CCCCC(=O)OC(COC(=O)CCCCCCCCCC)COC(=O)CCCCCCCCCCCCCCCCCCCCCCCCCCCCCCCCCCCC. The highest BCUT2D eigenvalue weighted by Crippen LogP contribution is 2.18. The van der Waals surface area contributed by atoms with Crippen LogP contribution in [0.4, 0.5) is 0 Å². The molecule has 0 radical (unpaired) electrons. The van der Waals surface area contributed by atoms with Gasteiger partial charge in [0.2, 0.25) is 0 Å². The molecule has 0 aromatic rings. The molecule has 0 rings (SSSR count). The maximum absolute atomic E-state index is 12.8. The van der Waals surface area contributed by atoms with E-state index in [2.05, 4.69) is 69.4 Å². The summed E-state index contributed by atoms with van der Waals surface area (Å²) in [5.41, 5.74) is 0. The van der Waals surface area contributed by atoms with Crippen molar-refractivity contribution in [3.05, 3.63) is 48.6 Å². The van der Waals surface area contributed by atoms with E-state index in [4.69, 9.17) is 14.2 Å². The highest BCUT2D eigenvalue weighted by atomic mass is 16.6. The third-order valence-corrected chi connectivity index (χ3v) is 14.8. The fourth-order valence-electron chi connectivity index (χ4n) is 9.91. The molecule has 75 heavy (non-hydrogen) atoms. The molecule has 0 saturated heterocycles. The topological polar surface area (TPSA) is 78.9 Å². The number of hydrogen-bond acceptors (Lipinski definition) is 6. The Labute approximate surface area is 467 Å². The molecule has 0 bridgehead atoms. The van der Waals surface area contributed by atoms with Crippen LogP contribution in [0.25, 0.3) is 0 Å². The Hall–Kier alpha value is -2.63. The van der Waals surface area contributed by atoms with Gasteiger partial charge in [0, 0.05) is 19.3 Å². The minimum atomic E-state index is -0.790. The van der Waals surface area contributed by atoms with Crippen molar-refractivity contribution in [3.63, 3.8) is 0 Å². The van der Waals surface area contributed by atoms with Crippen LogP contribution in [-0.2, 0) is 28.6 Å². The second kappa shape index (κ2) is 63.9. The van der Waals surface area contributed by atoms with Gasteiger partial charge in [-0.25, -0.2) is 0 Å². The molecule has 0 aromatic carbocycles. The second-order valence-electron chi connectivity index (χ2n) is 22.4. The lowest BCUT2D eigenvalue weighted by molar-refractivity contribution is -0.167. The number of carbonyl (C=O) groups is 3. The third-order valence-electron chi connectivity index (χ3n) is 14.8. The second-order valence-corrected chi connectivity index (χ2v) is 22.4. The third kappa shape index (κ3) is 62.1. The molecule has 0 saturated carbocycles. The van der Waals surface area contributed by atoms with Gasteiger partial charge < -0.3 is 14.2 Å². The first-order valence-corrected chi connectivity index (χ1v) is 33.1. The van der Waals surface area contributed by atoms with Crippen molar-refractivity contribution in [2.24, 2.45) is 0 Å². The number of esters is 3. The normalized spacial score (nSPS) is 12.3. The Kier molecular flexibility index (Phi) is 61.7. The summed E-state index contributed by atoms with van der Waals surface area (Å²) in [4.78, 5) is 38.0. The molecule has 0 aromatic heterocycles. The number of rotatable bonds is 61. The molecular weight excluding hydrogens is 925 g/mol. The van der Waals surface area contributed by atoms with Gasteiger partial charge in [-0.15, -0.1) is 0 Å². The fourth-order valence-corrected chi connectivity index (χ4v) is 9.91. The van der Waals surface area contributed by atoms with Crippen LogP contribution in [0.5, 0.6) is 0 Å². The van der Waals surface area contributed by atoms with E-state index in [0.717, 1.165) is 77.0 Å². The van der Waals surface area contributed by atoms with Gasteiger partial charge in [0.15, 0.2) is 6.10 Å². The number of carbonyl (C=O) groups excluding carboxylic acids is 3. The smallest absolute Gasteiger partial charge is 0.306 e. The van der Waals surface area contributed by atoms with Gasteiger partial charge in [0.1, 0.15) is 13.2 Å². The Morgan fingerprint density at radius 2 is 0.520 bits per heavy atom. The molecule has 6 heteroatoms. The summed E-state index contributed by atoms with van der Waals surface area (Å²) in [5, 5.41) is 0. The van der Waals surface area contributed by atoms with Crippen molar-refractivity contribution in [1.29, 1.82) is 0 Å². The van der Waals surface area contributed by atoms with Crippen molar-refractivity contribution in [2.75, 3.05) is 13.2 Å². The first-order valence-electron chi connectivity index (χ1n) is 33.1. The number of ether oxygens (including phenoxy) is 3. The van der Waals surface area contributed by atoms with E-state index < -0.39 is 6.10 Å². The van der Waals surface area contributed by atoms with Crippen LogP contribution in [0.1, 0.15) is 355 Å². The molecule has 1 atom stereocenters. The Morgan fingerprint density at radius 3 is 0.813 bits per heavy atom. The van der Waals surface area contributed by atoms with Gasteiger partial charge in [0.25, 0.3) is 0 Å². The molecule has 0 heterocycles. The van der Waals surface area contributed by atoms with Crippen molar-refractivity contribution < 1.29 is 28.6 Å². The van der Waals surface area contributed by atoms with Gasteiger partial charge in [-0.05, 0) is 57.8 Å². The summed E-state index contributed by atoms with van der Waals surface area (Å²) >= 11 is 0. The largest absolute Gasteiger partial charge is 0.462 e. The van der Waals surface area contributed by atoms with Gasteiger partial charge in [-0.1, -0.05) is 326 Å². The van der Waals surface area contributed by atoms with Crippen LogP contribution in [0.3, 0.4) is 0 Å². The summed E-state index contributed by atoms with van der Waals surface area (Å²) in [6.07, 6.45) is 80.4. The van der Waals surface area contributed by atoms with E-state index in [1.54, 1.807) is 0 Å². The maximum atomic E-state index is 12.8.